The second-order valence-electron chi connectivity index (χ2n) is 5.33. The van der Waals surface area contributed by atoms with Crippen LogP contribution in [0, 0.1) is 13.8 Å². The molecule has 0 spiro atoms. The summed E-state index contributed by atoms with van der Waals surface area (Å²) in [5, 5.41) is 4.32. The Labute approximate surface area is 131 Å². The Balaban J connectivity index is 2.51. The molecule has 0 fully saturated rings. The molecule has 0 bridgehead atoms. The van der Waals surface area contributed by atoms with Crippen LogP contribution in [0.15, 0.2) is 17.0 Å². The molecule has 7 heteroatoms. The van der Waals surface area contributed by atoms with Gasteiger partial charge in [0.2, 0.25) is 0 Å². The highest BCUT2D eigenvalue weighted by Gasteiger charge is 2.26. The molecule has 22 heavy (non-hydrogen) atoms. The van der Waals surface area contributed by atoms with Crippen molar-refractivity contribution in [2.45, 2.75) is 45.4 Å². The maximum absolute atomic E-state index is 12.8. The van der Waals surface area contributed by atoms with Gasteiger partial charge < -0.3 is 0 Å². The summed E-state index contributed by atoms with van der Waals surface area (Å²) in [6, 6.07) is 3.62. The number of nitrogens with one attached hydrogen (secondary N) is 1. The molecule has 2 aromatic heterocycles. The van der Waals surface area contributed by atoms with E-state index in [2.05, 4.69) is 14.8 Å². The van der Waals surface area contributed by atoms with Crippen LogP contribution in [0.3, 0.4) is 0 Å². The summed E-state index contributed by atoms with van der Waals surface area (Å²) >= 11 is 0. The third-order valence-corrected chi connectivity index (χ3v) is 4.95. The number of aromatic nitrogens is 3. The largest absolute Gasteiger partial charge is 0.271 e. The van der Waals surface area contributed by atoms with E-state index in [1.54, 1.807) is 17.8 Å². The molecule has 6 nitrogen and oxygen atoms in total. The Bertz CT molecular complexity index is 774. The van der Waals surface area contributed by atoms with Crippen LogP contribution < -0.4 is 4.72 Å². The number of rotatable bonds is 5. The molecule has 0 saturated carbocycles. The van der Waals surface area contributed by atoms with E-state index in [1.807, 2.05) is 33.8 Å². The van der Waals surface area contributed by atoms with Gasteiger partial charge in [0.25, 0.3) is 10.0 Å². The smallest absolute Gasteiger partial charge is 0.266 e. The highest BCUT2D eigenvalue weighted by atomic mass is 32.2. The van der Waals surface area contributed by atoms with E-state index in [4.69, 9.17) is 0 Å². The first-order valence-corrected chi connectivity index (χ1v) is 8.79. The van der Waals surface area contributed by atoms with Crippen molar-refractivity contribution in [1.82, 2.24) is 14.8 Å². The molecule has 2 heterocycles. The minimum Gasteiger partial charge on any atom is -0.271 e. The average Bonchev–Trinajstić information content (AvgIpc) is 2.73. The van der Waals surface area contributed by atoms with Crippen molar-refractivity contribution >= 4 is 15.8 Å². The molecule has 0 aromatic carbocycles. The minimum absolute atomic E-state index is 0.279. The quantitative estimate of drug-likeness (QED) is 0.917. The summed E-state index contributed by atoms with van der Waals surface area (Å²) in [6.45, 7) is 7.57. The molecular weight excluding hydrogens is 300 g/mol. The van der Waals surface area contributed by atoms with Crippen molar-refractivity contribution in [1.29, 1.82) is 0 Å². The molecule has 0 radical (unpaired) electrons. The van der Waals surface area contributed by atoms with Crippen LogP contribution in [-0.4, -0.2) is 23.2 Å². The van der Waals surface area contributed by atoms with Crippen LogP contribution >= 0.6 is 0 Å². The highest BCUT2D eigenvalue weighted by molar-refractivity contribution is 7.92. The molecule has 120 valence electrons. The van der Waals surface area contributed by atoms with Crippen molar-refractivity contribution in [3.63, 3.8) is 0 Å². The second-order valence-corrected chi connectivity index (χ2v) is 6.95. The first-order valence-electron chi connectivity index (χ1n) is 7.31. The third-order valence-electron chi connectivity index (χ3n) is 3.46. The highest BCUT2D eigenvalue weighted by Crippen LogP contribution is 2.24. The van der Waals surface area contributed by atoms with Gasteiger partial charge in [-0.3, -0.25) is 9.40 Å². The number of hydrogen-bond acceptors (Lipinski definition) is 4. The van der Waals surface area contributed by atoms with E-state index in [9.17, 15) is 8.42 Å². The van der Waals surface area contributed by atoms with Gasteiger partial charge in [-0.25, -0.2) is 13.4 Å². The van der Waals surface area contributed by atoms with Gasteiger partial charge >= 0.3 is 0 Å². The Morgan fingerprint density at radius 2 is 1.86 bits per heavy atom. The van der Waals surface area contributed by atoms with Crippen LogP contribution in [0.25, 0.3) is 0 Å². The van der Waals surface area contributed by atoms with E-state index in [-0.39, 0.29) is 4.90 Å². The van der Waals surface area contributed by atoms with Crippen LogP contribution in [0.4, 0.5) is 5.82 Å². The van der Waals surface area contributed by atoms with E-state index in [1.165, 1.54) is 0 Å². The Morgan fingerprint density at radius 3 is 2.41 bits per heavy atom. The minimum atomic E-state index is -3.71. The summed E-state index contributed by atoms with van der Waals surface area (Å²) in [6.07, 6.45) is 1.16. The van der Waals surface area contributed by atoms with Crippen molar-refractivity contribution < 1.29 is 8.42 Å². The van der Waals surface area contributed by atoms with Crippen molar-refractivity contribution in [2.75, 3.05) is 4.72 Å². The van der Waals surface area contributed by atoms with Crippen molar-refractivity contribution in [2.24, 2.45) is 7.05 Å². The molecule has 0 saturated heterocycles. The molecule has 0 amide bonds. The van der Waals surface area contributed by atoms with Crippen LogP contribution in [0.2, 0.25) is 0 Å². The van der Waals surface area contributed by atoms with Gasteiger partial charge in [-0.2, -0.15) is 5.10 Å². The van der Waals surface area contributed by atoms with E-state index in [0.717, 1.165) is 11.3 Å². The Hall–Kier alpha value is -1.89. The van der Waals surface area contributed by atoms with E-state index >= 15 is 0 Å². The van der Waals surface area contributed by atoms with Gasteiger partial charge in [0.1, 0.15) is 10.7 Å². The zero-order chi connectivity index (χ0) is 16.5. The maximum Gasteiger partial charge on any atom is 0.266 e. The standard InChI is InChI=1S/C15H22N4O2S/c1-6-12-15(13(7-2)19(5)17-12)22(20,21)18-14-9-10(3)8-11(4)16-14/h8-9H,6-7H2,1-5H3,(H,16,18). The van der Waals surface area contributed by atoms with Gasteiger partial charge in [-0.05, 0) is 44.4 Å². The van der Waals surface area contributed by atoms with Crippen molar-refractivity contribution in [3.8, 4) is 0 Å². The van der Waals surface area contributed by atoms with Crippen LogP contribution in [0.1, 0.15) is 36.5 Å². The fourth-order valence-corrected chi connectivity index (χ4v) is 4.18. The summed E-state index contributed by atoms with van der Waals surface area (Å²) in [5.74, 6) is 0.338. The first kappa shape index (κ1) is 16.5. The number of pyridine rings is 1. The maximum atomic E-state index is 12.8. The SMILES string of the molecule is CCc1nn(C)c(CC)c1S(=O)(=O)Nc1cc(C)cc(C)n1. The number of hydrogen-bond donors (Lipinski definition) is 1. The topological polar surface area (TPSA) is 76.9 Å². The van der Waals surface area contributed by atoms with Crippen LogP contribution in [-0.2, 0) is 29.9 Å². The van der Waals surface area contributed by atoms with Crippen LogP contribution in [0.5, 0.6) is 0 Å². The summed E-state index contributed by atoms with van der Waals surface area (Å²) < 4.78 is 29.8. The zero-order valence-electron chi connectivity index (χ0n) is 13.6. The number of aryl methyl sites for hydroxylation is 4. The lowest BCUT2D eigenvalue weighted by molar-refractivity contribution is 0.598. The van der Waals surface area contributed by atoms with E-state index in [0.29, 0.717) is 30.0 Å². The third kappa shape index (κ3) is 3.14. The first-order chi connectivity index (χ1) is 10.3. The normalized spacial score (nSPS) is 11.7. The number of nitrogens with zero attached hydrogens (tertiary/aromatic N) is 3. The lowest BCUT2D eigenvalue weighted by atomic mass is 10.2. The van der Waals surface area contributed by atoms with Gasteiger partial charge in [-0.15, -0.1) is 0 Å². The molecule has 1 N–H and O–H groups in total. The van der Waals surface area contributed by atoms with Gasteiger partial charge in [0.05, 0.1) is 11.4 Å². The molecule has 0 aliphatic rings. The average molecular weight is 322 g/mol. The summed E-state index contributed by atoms with van der Waals surface area (Å²) in [5.41, 5.74) is 3.02. The molecule has 0 unspecified atom stereocenters. The molecule has 2 aromatic rings. The number of anilines is 1. The molecule has 0 atom stereocenters. The second kappa shape index (κ2) is 6.08. The summed E-state index contributed by atoms with van der Waals surface area (Å²) in [4.78, 5) is 4.52. The molecule has 0 aliphatic heterocycles. The predicted octanol–water partition coefficient (Wildman–Crippen LogP) is 2.36. The predicted molar refractivity (Wildman–Crippen MR) is 86.5 cm³/mol. The van der Waals surface area contributed by atoms with Gasteiger partial charge in [0.15, 0.2) is 0 Å². The lowest BCUT2D eigenvalue weighted by Gasteiger charge is -2.10. The number of sulfonamides is 1. The summed E-state index contributed by atoms with van der Waals surface area (Å²) in [7, 11) is -1.94. The molecular formula is C15H22N4O2S. The fraction of sp³-hybridized carbons (Fsp3) is 0.467. The van der Waals surface area contributed by atoms with Crippen molar-refractivity contribution in [3.05, 3.63) is 34.8 Å². The molecule has 0 aliphatic carbocycles. The van der Waals surface area contributed by atoms with E-state index < -0.39 is 10.0 Å². The molecule has 2 rings (SSSR count). The lowest BCUT2D eigenvalue weighted by Crippen LogP contribution is -2.17. The monoisotopic (exact) mass is 322 g/mol. The fourth-order valence-electron chi connectivity index (χ4n) is 2.61. The Kier molecular flexibility index (Phi) is 4.55. The Morgan fingerprint density at radius 1 is 1.18 bits per heavy atom. The van der Waals surface area contributed by atoms with Gasteiger partial charge in [-0.1, -0.05) is 13.8 Å². The zero-order valence-corrected chi connectivity index (χ0v) is 14.5. The van der Waals surface area contributed by atoms with Gasteiger partial charge in [0, 0.05) is 12.7 Å².